The van der Waals surface area contributed by atoms with Crippen molar-refractivity contribution in [3.63, 3.8) is 0 Å². The van der Waals surface area contributed by atoms with Gasteiger partial charge in [0, 0.05) is 12.8 Å². The molecule has 0 amide bonds. The molecule has 2 N–H and O–H groups in total. The normalized spacial score (nSPS) is 5.68. The van der Waals surface area contributed by atoms with Crippen molar-refractivity contribution in [1.29, 1.82) is 0 Å². The Labute approximate surface area is 157 Å². The number of aliphatic hydroxyl groups is 2. The lowest BCUT2D eigenvalue weighted by Gasteiger charge is -2.06. The summed E-state index contributed by atoms with van der Waals surface area (Å²) in [6, 6.07) is 0. The standard InChI is InChI=1S/C10H14O.C2H6O2.5C2H4/c1-5-7-9(3)11-10(4)8-6-2;3-1-2-4;5*1-2/h5-6H,1-4,7-8H2;3-4H,1-2H2;5*1-2H2. The van der Waals surface area contributed by atoms with Crippen LogP contribution in [-0.2, 0) is 4.74 Å². The summed E-state index contributed by atoms with van der Waals surface area (Å²) in [6.07, 6.45) is 4.80. The maximum atomic E-state index is 7.62. The molecule has 0 atom stereocenters. The molecule has 0 saturated heterocycles. The first kappa shape index (κ1) is 43.2. The van der Waals surface area contributed by atoms with Crippen LogP contribution in [0.3, 0.4) is 0 Å². The SMILES string of the molecule is C=C.C=C.C=C.C=C.C=C.C=CCC(=C)OC(=C)CC=C.OCCO. The first-order valence-corrected chi connectivity index (χ1v) is 7.09. The highest BCUT2D eigenvalue weighted by molar-refractivity contribution is 4.99. The van der Waals surface area contributed by atoms with E-state index in [0.29, 0.717) is 24.4 Å². The van der Waals surface area contributed by atoms with E-state index in [1.165, 1.54) is 0 Å². The van der Waals surface area contributed by atoms with Gasteiger partial charge in [0.05, 0.1) is 13.2 Å². The summed E-state index contributed by atoms with van der Waals surface area (Å²) in [7, 11) is 0. The average Bonchev–Trinajstić information content (AvgIpc) is 2.70. The number of ether oxygens (including phenoxy) is 1. The lowest BCUT2D eigenvalue weighted by Crippen LogP contribution is -1.88. The molecule has 0 aliphatic heterocycles. The van der Waals surface area contributed by atoms with Gasteiger partial charge in [-0.15, -0.1) is 78.9 Å². The molecule has 0 aliphatic rings. The van der Waals surface area contributed by atoms with Gasteiger partial charge in [-0.1, -0.05) is 25.3 Å². The molecule has 146 valence electrons. The molecular weight excluding hydrogens is 312 g/mol. The number of allylic oxidation sites excluding steroid dienone is 2. The third-order valence-electron chi connectivity index (χ3n) is 1.13. The summed E-state index contributed by atoms with van der Waals surface area (Å²) in [5.41, 5.74) is 0. The molecular formula is C22H40O3. The van der Waals surface area contributed by atoms with Gasteiger partial charge >= 0.3 is 0 Å². The minimum atomic E-state index is -0.125. The highest BCUT2D eigenvalue weighted by Gasteiger charge is 1.94. The van der Waals surface area contributed by atoms with E-state index in [4.69, 9.17) is 14.9 Å². The summed E-state index contributed by atoms with van der Waals surface area (Å²) in [5.74, 6) is 1.35. The van der Waals surface area contributed by atoms with Gasteiger partial charge in [-0.3, -0.25) is 0 Å². The van der Waals surface area contributed by atoms with E-state index in [1.54, 1.807) is 12.2 Å². The van der Waals surface area contributed by atoms with Gasteiger partial charge in [0.15, 0.2) is 0 Å². The number of rotatable bonds is 7. The molecule has 0 fully saturated rings. The lowest BCUT2D eigenvalue weighted by atomic mass is 10.3. The molecule has 25 heavy (non-hydrogen) atoms. The van der Waals surface area contributed by atoms with E-state index in [0.717, 1.165) is 0 Å². The zero-order valence-corrected chi connectivity index (χ0v) is 16.2. The number of hydrogen-bond acceptors (Lipinski definition) is 3. The second-order valence-electron chi connectivity index (χ2n) is 2.61. The maximum Gasteiger partial charge on any atom is 0.100 e. The molecule has 0 aromatic rings. The van der Waals surface area contributed by atoms with Gasteiger partial charge in [-0.25, -0.2) is 0 Å². The van der Waals surface area contributed by atoms with E-state index in [-0.39, 0.29) is 13.2 Å². The van der Waals surface area contributed by atoms with E-state index < -0.39 is 0 Å². The Morgan fingerprint density at radius 2 is 0.800 bits per heavy atom. The molecule has 0 bridgehead atoms. The fourth-order valence-corrected chi connectivity index (χ4v) is 0.609. The lowest BCUT2D eigenvalue weighted by molar-refractivity contribution is 0.186. The molecule has 0 aromatic heterocycles. The Morgan fingerprint density at radius 3 is 0.920 bits per heavy atom. The minimum Gasteiger partial charge on any atom is -0.467 e. The van der Waals surface area contributed by atoms with Gasteiger partial charge < -0.3 is 14.9 Å². The fraction of sp³-hybridized carbons (Fsp3) is 0.182. The molecule has 0 unspecified atom stereocenters. The van der Waals surface area contributed by atoms with Crippen LogP contribution in [0.25, 0.3) is 0 Å². The Balaban J connectivity index is -0.0000000387. The minimum absolute atomic E-state index is 0.125. The summed E-state index contributed by atoms with van der Waals surface area (Å²) in [5, 5.41) is 15.2. The van der Waals surface area contributed by atoms with Gasteiger partial charge in [0.25, 0.3) is 0 Å². The van der Waals surface area contributed by atoms with Crippen LogP contribution >= 0.6 is 0 Å². The van der Waals surface area contributed by atoms with Crippen molar-refractivity contribution >= 4 is 0 Å². The van der Waals surface area contributed by atoms with E-state index in [2.05, 4.69) is 92.1 Å². The third kappa shape index (κ3) is 114. The molecule has 3 nitrogen and oxygen atoms in total. The zero-order valence-electron chi connectivity index (χ0n) is 16.2. The van der Waals surface area contributed by atoms with Crippen LogP contribution in [0.5, 0.6) is 0 Å². The molecule has 0 heterocycles. The van der Waals surface area contributed by atoms with Crippen LogP contribution in [0.15, 0.2) is 116 Å². The van der Waals surface area contributed by atoms with Crippen molar-refractivity contribution in [1.82, 2.24) is 0 Å². The van der Waals surface area contributed by atoms with Gasteiger partial charge in [0.2, 0.25) is 0 Å². The number of hydrogen-bond donors (Lipinski definition) is 2. The average molecular weight is 353 g/mol. The topological polar surface area (TPSA) is 49.7 Å². The first-order valence-electron chi connectivity index (χ1n) is 7.09. The summed E-state index contributed by atoms with van der Waals surface area (Å²) >= 11 is 0. The largest absolute Gasteiger partial charge is 0.467 e. The second-order valence-corrected chi connectivity index (χ2v) is 2.61. The van der Waals surface area contributed by atoms with Crippen molar-refractivity contribution in [3.05, 3.63) is 116 Å². The Kier molecular flexibility index (Phi) is 143. The quantitative estimate of drug-likeness (QED) is 0.426. The zero-order chi connectivity index (χ0) is 22.1. The van der Waals surface area contributed by atoms with Crippen LogP contribution in [0.2, 0.25) is 0 Å². The predicted molar refractivity (Wildman–Crippen MR) is 119 cm³/mol. The monoisotopic (exact) mass is 352 g/mol. The molecule has 0 saturated carbocycles. The molecule has 0 rings (SSSR count). The molecule has 0 spiro atoms. The second kappa shape index (κ2) is 82.4. The van der Waals surface area contributed by atoms with Crippen LogP contribution < -0.4 is 0 Å². The van der Waals surface area contributed by atoms with Gasteiger partial charge in [-0.05, 0) is 0 Å². The smallest absolute Gasteiger partial charge is 0.100 e. The van der Waals surface area contributed by atoms with Crippen LogP contribution in [0.4, 0.5) is 0 Å². The van der Waals surface area contributed by atoms with Crippen LogP contribution in [0, 0.1) is 0 Å². The van der Waals surface area contributed by atoms with Gasteiger partial charge in [-0.2, -0.15) is 0 Å². The highest BCUT2D eigenvalue weighted by Crippen LogP contribution is 2.09. The summed E-state index contributed by atoms with van der Waals surface area (Å²) < 4.78 is 5.20. The van der Waals surface area contributed by atoms with Crippen molar-refractivity contribution < 1.29 is 14.9 Å². The Morgan fingerprint density at radius 1 is 0.600 bits per heavy atom. The van der Waals surface area contributed by atoms with Crippen LogP contribution in [-0.4, -0.2) is 23.4 Å². The third-order valence-corrected chi connectivity index (χ3v) is 1.13. The molecule has 0 radical (unpaired) electrons. The van der Waals surface area contributed by atoms with Crippen molar-refractivity contribution in [2.24, 2.45) is 0 Å². The van der Waals surface area contributed by atoms with E-state index in [9.17, 15) is 0 Å². The van der Waals surface area contributed by atoms with Gasteiger partial charge in [0.1, 0.15) is 11.5 Å². The van der Waals surface area contributed by atoms with Crippen molar-refractivity contribution in [2.75, 3.05) is 13.2 Å². The summed E-state index contributed by atoms with van der Waals surface area (Å²) in [4.78, 5) is 0. The fourth-order valence-electron chi connectivity index (χ4n) is 0.609. The Hall–Kier alpha value is -2.62. The molecule has 0 aromatic carbocycles. The van der Waals surface area contributed by atoms with Crippen molar-refractivity contribution in [2.45, 2.75) is 12.8 Å². The molecule has 0 aliphatic carbocycles. The predicted octanol–water partition coefficient (Wildman–Crippen LogP) is 6.16. The van der Waals surface area contributed by atoms with E-state index in [1.807, 2.05) is 0 Å². The van der Waals surface area contributed by atoms with E-state index >= 15 is 0 Å². The number of aliphatic hydroxyl groups excluding tert-OH is 2. The first-order chi connectivity index (χ1) is 12.1. The maximum absolute atomic E-state index is 7.62. The highest BCUT2D eigenvalue weighted by atomic mass is 16.5. The Bertz CT molecular complexity index is 237. The molecule has 3 heteroatoms. The van der Waals surface area contributed by atoms with Crippen molar-refractivity contribution in [3.8, 4) is 0 Å². The summed E-state index contributed by atoms with van der Waals surface area (Å²) in [6.45, 7) is 44.2. The van der Waals surface area contributed by atoms with Crippen LogP contribution in [0.1, 0.15) is 12.8 Å².